The van der Waals surface area contributed by atoms with Crippen molar-refractivity contribution in [1.29, 1.82) is 0 Å². The van der Waals surface area contributed by atoms with Gasteiger partial charge in [-0.2, -0.15) is 0 Å². The van der Waals surface area contributed by atoms with Crippen LogP contribution in [0.25, 0.3) is 10.9 Å². The normalized spacial score (nSPS) is 15.7. The molecule has 1 aromatic heterocycles. The number of carbonyl (C=O) groups is 3. The van der Waals surface area contributed by atoms with Crippen molar-refractivity contribution in [3.05, 3.63) is 65.6 Å². The van der Waals surface area contributed by atoms with E-state index >= 15 is 0 Å². The summed E-state index contributed by atoms with van der Waals surface area (Å²) in [5.74, 6) is -0.160. The van der Waals surface area contributed by atoms with Gasteiger partial charge in [-0.1, -0.05) is 12.1 Å². The molecule has 4 amide bonds. The zero-order valence-corrected chi connectivity index (χ0v) is 18.2. The number of amides is 4. The van der Waals surface area contributed by atoms with Gasteiger partial charge < -0.3 is 20.4 Å². The Bertz CT molecular complexity index is 1170. The summed E-state index contributed by atoms with van der Waals surface area (Å²) in [6.07, 6.45) is 2.49. The van der Waals surface area contributed by atoms with Crippen LogP contribution in [0.15, 0.2) is 48.7 Å². The molecule has 33 heavy (non-hydrogen) atoms. The molecule has 1 saturated heterocycles. The van der Waals surface area contributed by atoms with E-state index in [9.17, 15) is 18.8 Å². The van der Waals surface area contributed by atoms with E-state index in [0.717, 1.165) is 32.7 Å². The first kappa shape index (κ1) is 22.3. The number of rotatable bonds is 9. The third kappa shape index (κ3) is 5.14. The highest BCUT2D eigenvalue weighted by Crippen LogP contribution is 2.21. The van der Waals surface area contributed by atoms with Gasteiger partial charge in [0.15, 0.2) is 0 Å². The smallest absolute Gasteiger partial charge is 0.324 e. The molecule has 3 aromatic rings. The van der Waals surface area contributed by atoms with Gasteiger partial charge in [0.25, 0.3) is 5.91 Å². The molecule has 1 atom stereocenters. The second-order valence-electron chi connectivity index (χ2n) is 7.91. The highest BCUT2D eigenvalue weighted by Gasteiger charge is 2.37. The van der Waals surface area contributed by atoms with Crippen LogP contribution in [0.1, 0.15) is 24.0 Å². The van der Waals surface area contributed by atoms with E-state index in [1.54, 1.807) is 19.4 Å². The molecule has 1 aliphatic heterocycles. The minimum atomic E-state index is -0.732. The molecule has 0 radical (unpaired) electrons. The van der Waals surface area contributed by atoms with Crippen molar-refractivity contribution in [2.75, 3.05) is 13.7 Å². The Morgan fingerprint density at radius 1 is 1.18 bits per heavy atom. The lowest BCUT2D eigenvalue weighted by Crippen LogP contribution is -2.33. The van der Waals surface area contributed by atoms with Crippen molar-refractivity contribution in [2.24, 2.45) is 0 Å². The monoisotopic (exact) mass is 452 g/mol. The molecular weight excluding hydrogens is 427 g/mol. The van der Waals surface area contributed by atoms with Crippen molar-refractivity contribution in [2.45, 2.75) is 31.8 Å². The fourth-order valence-electron chi connectivity index (χ4n) is 3.88. The highest BCUT2D eigenvalue weighted by atomic mass is 19.1. The number of ether oxygens (including phenoxy) is 1. The van der Waals surface area contributed by atoms with E-state index in [0.29, 0.717) is 13.0 Å². The van der Waals surface area contributed by atoms with Crippen molar-refractivity contribution >= 4 is 28.7 Å². The Hall–Kier alpha value is -3.88. The number of hydrogen-bond acceptors (Lipinski definition) is 4. The average molecular weight is 452 g/mol. The van der Waals surface area contributed by atoms with E-state index in [-0.39, 0.29) is 37.0 Å². The third-order valence-corrected chi connectivity index (χ3v) is 5.75. The molecule has 1 unspecified atom stereocenters. The number of aromatic nitrogens is 1. The number of methoxy groups -OCH3 is 1. The van der Waals surface area contributed by atoms with Crippen LogP contribution in [-0.2, 0) is 22.6 Å². The number of aromatic amines is 1. The molecule has 1 aliphatic rings. The number of carbonyl (C=O) groups excluding carboxylic acids is 3. The number of hydrogen-bond donors (Lipinski definition) is 3. The summed E-state index contributed by atoms with van der Waals surface area (Å²) in [5, 5.41) is 6.19. The predicted molar refractivity (Wildman–Crippen MR) is 120 cm³/mol. The average Bonchev–Trinajstić information content (AvgIpc) is 3.34. The van der Waals surface area contributed by atoms with Crippen LogP contribution in [0.5, 0.6) is 5.75 Å². The minimum absolute atomic E-state index is 0.113. The van der Waals surface area contributed by atoms with E-state index in [2.05, 4.69) is 15.6 Å². The predicted octanol–water partition coefficient (Wildman–Crippen LogP) is 2.88. The lowest BCUT2D eigenvalue weighted by molar-refractivity contribution is -0.127. The van der Waals surface area contributed by atoms with Gasteiger partial charge >= 0.3 is 6.03 Å². The SMILES string of the molecule is COc1ccc(CNC(=O)CCC2NC(=O)N(CCc3c[nH]c4ccc(F)cc34)C2=O)cc1. The Balaban J connectivity index is 1.26. The maximum absolute atomic E-state index is 13.6. The first-order valence-electron chi connectivity index (χ1n) is 10.7. The summed E-state index contributed by atoms with van der Waals surface area (Å²) in [6, 6.07) is 10.6. The van der Waals surface area contributed by atoms with Crippen LogP contribution < -0.4 is 15.4 Å². The fraction of sp³-hybridized carbons (Fsp3) is 0.292. The van der Waals surface area contributed by atoms with Crippen molar-refractivity contribution < 1.29 is 23.5 Å². The first-order valence-corrected chi connectivity index (χ1v) is 10.7. The largest absolute Gasteiger partial charge is 0.497 e. The van der Waals surface area contributed by atoms with E-state index in [1.165, 1.54) is 12.1 Å². The molecule has 0 spiro atoms. The molecule has 4 rings (SSSR count). The van der Waals surface area contributed by atoms with Gasteiger partial charge in [-0.3, -0.25) is 14.5 Å². The Morgan fingerprint density at radius 3 is 2.73 bits per heavy atom. The maximum Gasteiger partial charge on any atom is 0.324 e. The molecule has 172 valence electrons. The number of urea groups is 1. The number of benzene rings is 2. The van der Waals surface area contributed by atoms with Gasteiger partial charge in [-0.05, 0) is 54.3 Å². The van der Waals surface area contributed by atoms with Gasteiger partial charge in [-0.15, -0.1) is 0 Å². The molecule has 3 N–H and O–H groups in total. The number of halogens is 1. The van der Waals surface area contributed by atoms with Crippen LogP contribution in [-0.4, -0.2) is 47.4 Å². The Morgan fingerprint density at radius 2 is 1.97 bits per heavy atom. The molecule has 8 nitrogen and oxygen atoms in total. The molecule has 9 heteroatoms. The summed E-state index contributed by atoms with van der Waals surface area (Å²) in [5.41, 5.74) is 2.55. The second kappa shape index (κ2) is 9.72. The quantitative estimate of drug-likeness (QED) is 0.435. The second-order valence-corrected chi connectivity index (χ2v) is 7.91. The molecule has 0 saturated carbocycles. The Labute approximate surface area is 190 Å². The van der Waals surface area contributed by atoms with Gasteiger partial charge in [0.2, 0.25) is 5.91 Å². The lowest BCUT2D eigenvalue weighted by atomic mass is 10.1. The molecule has 0 bridgehead atoms. The van der Waals surface area contributed by atoms with Crippen molar-refractivity contribution in [1.82, 2.24) is 20.5 Å². The molecular formula is C24H25FN4O4. The number of nitrogens with zero attached hydrogens (tertiary/aromatic N) is 1. The fourth-order valence-corrected chi connectivity index (χ4v) is 3.88. The van der Waals surface area contributed by atoms with Gasteiger partial charge in [0.1, 0.15) is 17.6 Å². The van der Waals surface area contributed by atoms with Crippen LogP contribution in [0.3, 0.4) is 0 Å². The van der Waals surface area contributed by atoms with Gasteiger partial charge in [0, 0.05) is 36.6 Å². The molecule has 1 fully saturated rings. The van der Waals surface area contributed by atoms with E-state index in [1.807, 2.05) is 24.3 Å². The van der Waals surface area contributed by atoms with Crippen molar-refractivity contribution in [3.63, 3.8) is 0 Å². The van der Waals surface area contributed by atoms with Crippen LogP contribution in [0.4, 0.5) is 9.18 Å². The number of H-pyrrole nitrogens is 1. The van der Waals surface area contributed by atoms with Crippen LogP contribution in [0, 0.1) is 5.82 Å². The van der Waals surface area contributed by atoms with E-state index in [4.69, 9.17) is 4.74 Å². The minimum Gasteiger partial charge on any atom is -0.497 e. The molecule has 2 heterocycles. The summed E-state index contributed by atoms with van der Waals surface area (Å²) >= 11 is 0. The van der Waals surface area contributed by atoms with Crippen LogP contribution >= 0.6 is 0 Å². The summed E-state index contributed by atoms with van der Waals surface area (Å²) in [6.45, 7) is 0.541. The van der Waals surface area contributed by atoms with Crippen molar-refractivity contribution in [3.8, 4) is 5.75 Å². The number of nitrogens with one attached hydrogen (secondary N) is 3. The topological polar surface area (TPSA) is 104 Å². The number of imide groups is 1. The molecule has 0 aliphatic carbocycles. The highest BCUT2D eigenvalue weighted by molar-refractivity contribution is 6.04. The Kier molecular flexibility index (Phi) is 6.58. The standard InChI is InChI=1S/C24H25FN4O4/c1-33-18-5-2-15(3-6-18)13-27-22(30)9-8-21-23(31)29(24(32)28-21)11-10-16-14-26-20-7-4-17(25)12-19(16)20/h2-7,12,14,21,26H,8-11,13H2,1H3,(H,27,30)(H,28,32). The lowest BCUT2D eigenvalue weighted by Gasteiger charge is -2.13. The summed E-state index contributed by atoms with van der Waals surface area (Å²) < 4.78 is 18.7. The molecule has 2 aromatic carbocycles. The maximum atomic E-state index is 13.6. The zero-order chi connectivity index (χ0) is 23.4. The van der Waals surface area contributed by atoms with Gasteiger partial charge in [0.05, 0.1) is 7.11 Å². The summed E-state index contributed by atoms with van der Waals surface area (Å²) in [7, 11) is 1.59. The third-order valence-electron chi connectivity index (χ3n) is 5.75. The van der Waals surface area contributed by atoms with Crippen LogP contribution in [0.2, 0.25) is 0 Å². The first-order chi connectivity index (χ1) is 15.9. The zero-order valence-electron chi connectivity index (χ0n) is 18.2. The van der Waals surface area contributed by atoms with E-state index < -0.39 is 12.1 Å². The number of fused-ring (bicyclic) bond motifs is 1. The van der Waals surface area contributed by atoms with Gasteiger partial charge in [-0.25, -0.2) is 9.18 Å². The summed E-state index contributed by atoms with van der Waals surface area (Å²) in [4.78, 5) is 41.4.